The van der Waals surface area contributed by atoms with Gasteiger partial charge in [-0.15, -0.1) is 0 Å². The van der Waals surface area contributed by atoms with E-state index in [9.17, 15) is 9.59 Å². The third-order valence-electron chi connectivity index (χ3n) is 5.33. The minimum atomic E-state index is -0.0429. The molecule has 7 heteroatoms. The fraction of sp³-hybridized carbons (Fsp3) is 0.364. The maximum absolute atomic E-state index is 12.8. The van der Waals surface area contributed by atoms with Crippen molar-refractivity contribution < 1.29 is 9.59 Å². The summed E-state index contributed by atoms with van der Waals surface area (Å²) in [6, 6.07) is 16.6. The summed E-state index contributed by atoms with van der Waals surface area (Å²) in [6.45, 7) is 5.54. The monoisotopic (exact) mass is 410 g/mol. The highest BCUT2D eigenvalue weighted by atomic mass is 32.2. The largest absolute Gasteiger partial charge is 0.339 e. The van der Waals surface area contributed by atoms with Crippen LogP contribution in [0.4, 0.5) is 16.2 Å². The molecule has 2 heterocycles. The van der Waals surface area contributed by atoms with Crippen LogP contribution in [-0.2, 0) is 4.79 Å². The van der Waals surface area contributed by atoms with Gasteiger partial charge in [0.05, 0.1) is 11.4 Å². The fourth-order valence-electron chi connectivity index (χ4n) is 3.81. The molecule has 29 heavy (non-hydrogen) atoms. The van der Waals surface area contributed by atoms with Crippen molar-refractivity contribution in [3.63, 3.8) is 0 Å². The standard InChI is InChI=1S/C22H26N4O2S/c1-2-23-22(28)25-15-13-24(14-16-25)21(27)11-12-26-17-7-3-5-9-19(17)29-20-10-6-4-8-18(20)26/h3-10H,2,11-16H2,1H3,(H,23,28). The van der Waals surface area contributed by atoms with Gasteiger partial charge in [-0.05, 0) is 31.2 Å². The van der Waals surface area contributed by atoms with Crippen molar-refractivity contribution in [1.82, 2.24) is 15.1 Å². The molecule has 6 nitrogen and oxygen atoms in total. The van der Waals surface area contributed by atoms with Gasteiger partial charge in [-0.2, -0.15) is 0 Å². The highest BCUT2D eigenvalue weighted by Gasteiger charge is 2.26. The van der Waals surface area contributed by atoms with Crippen LogP contribution in [0.3, 0.4) is 0 Å². The molecule has 0 atom stereocenters. The topological polar surface area (TPSA) is 55.9 Å². The Hall–Kier alpha value is -2.67. The second-order valence-corrected chi connectivity index (χ2v) is 8.23. The van der Waals surface area contributed by atoms with E-state index >= 15 is 0 Å². The second-order valence-electron chi connectivity index (χ2n) is 7.14. The Labute approximate surface area is 175 Å². The summed E-state index contributed by atoms with van der Waals surface area (Å²) in [5.74, 6) is 0.147. The Morgan fingerprint density at radius 1 is 0.897 bits per heavy atom. The molecule has 1 fully saturated rings. The molecule has 1 saturated heterocycles. The van der Waals surface area contributed by atoms with E-state index in [4.69, 9.17) is 0 Å². The number of nitrogens with one attached hydrogen (secondary N) is 1. The van der Waals surface area contributed by atoms with E-state index in [-0.39, 0.29) is 11.9 Å². The number of carbonyl (C=O) groups excluding carboxylic acids is 2. The molecule has 0 radical (unpaired) electrons. The first-order chi connectivity index (χ1) is 14.2. The summed E-state index contributed by atoms with van der Waals surface area (Å²) in [6.07, 6.45) is 0.453. The number of carbonyl (C=O) groups is 2. The zero-order valence-electron chi connectivity index (χ0n) is 16.6. The van der Waals surface area contributed by atoms with Crippen LogP contribution < -0.4 is 10.2 Å². The van der Waals surface area contributed by atoms with Crippen molar-refractivity contribution in [1.29, 1.82) is 0 Å². The number of amides is 3. The lowest BCUT2D eigenvalue weighted by Gasteiger charge is -2.36. The van der Waals surface area contributed by atoms with Crippen molar-refractivity contribution in [3.8, 4) is 0 Å². The summed E-state index contributed by atoms with van der Waals surface area (Å²) in [4.78, 5) is 33.1. The molecule has 0 unspecified atom stereocenters. The molecule has 0 bridgehead atoms. The highest BCUT2D eigenvalue weighted by molar-refractivity contribution is 7.99. The quantitative estimate of drug-likeness (QED) is 0.838. The predicted molar refractivity (Wildman–Crippen MR) is 116 cm³/mol. The van der Waals surface area contributed by atoms with Crippen LogP contribution >= 0.6 is 11.8 Å². The lowest BCUT2D eigenvalue weighted by Crippen LogP contribution is -2.53. The van der Waals surface area contributed by atoms with Crippen molar-refractivity contribution in [3.05, 3.63) is 48.5 Å². The number of fused-ring (bicyclic) bond motifs is 2. The smallest absolute Gasteiger partial charge is 0.317 e. The van der Waals surface area contributed by atoms with Gasteiger partial charge in [-0.1, -0.05) is 36.0 Å². The molecule has 2 aliphatic rings. The molecule has 4 rings (SSSR count). The predicted octanol–water partition coefficient (Wildman–Crippen LogP) is 3.55. The lowest BCUT2D eigenvalue weighted by molar-refractivity contribution is -0.132. The summed E-state index contributed by atoms with van der Waals surface area (Å²) < 4.78 is 0. The Bertz CT molecular complexity index is 850. The summed E-state index contributed by atoms with van der Waals surface area (Å²) in [5, 5.41) is 2.82. The van der Waals surface area contributed by atoms with Crippen molar-refractivity contribution in [2.24, 2.45) is 0 Å². The van der Waals surface area contributed by atoms with Crippen LogP contribution in [0.5, 0.6) is 0 Å². The molecule has 1 N–H and O–H groups in total. The molecule has 0 saturated carbocycles. The maximum atomic E-state index is 12.8. The van der Waals surface area contributed by atoms with Gasteiger partial charge in [0, 0.05) is 55.5 Å². The molecule has 0 aromatic heterocycles. The Kier molecular flexibility index (Phi) is 5.94. The first kappa shape index (κ1) is 19.6. The molecule has 0 spiro atoms. The second kappa shape index (κ2) is 8.78. The molecular formula is C22H26N4O2S. The first-order valence-corrected chi connectivity index (χ1v) is 10.9. The van der Waals surface area contributed by atoms with Crippen LogP contribution in [0.1, 0.15) is 13.3 Å². The maximum Gasteiger partial charge on any atom is 0.317 e. The molecule has 2 aromatic rings. The number of piperazine rings is 1. The van der Waals surface area contributed by atoms with Crippen LogP contribution in [0.2, 0.25) is 0 Å². The van der Waals surface area contributed by atoms with Gasteiger partial charge in [0.25, 0.3) is 0 Å². The number of anilines is 2. The lowest BCUT2D eigenvalue weighted by atomic mass is 10.2. The normalized spacial score (nSPS) is 15.6. The molecule has 0 aliphatic carbocycles. The zero-order valence-corrected chi connectivity index (χ0v) is 17.5. The van der Waals surface area contributed by atoms with Gasteiger partial charge in [0.1, 0.15) is 0 Å². The van der Waals surface area contributed by atoms with Gasteiger partial charge in [-0.3, -0.25) is 4.79 Å². The van der Waals surface area contributed by atoms with E-state index in [0.29, 0.717) is 45.7 Å². The number of rotatable bonds is 4. The van der Waals surface area contributed by atoms with Crippen LogP contribution in [0.15, 0.2) is 58.3 Å². The molecule has 2 aliphatic heterocycles. The number of hydrogen-bond acceptors (Lipinski definition) is 4. The van der Waals surface area contributed by atoms with Crippen molar-refractivity contribution in [2.75, 3.05) is 44.2 Å². The number of benzene rings is 2. The van der Waals surface area contributed by atoms with E-state index in [1.165, 1.54) is 9.79 Å². The Morgan fingerprint density at radius 3 is 2.03 bits per heavy atom. The molecule has 2 aromatic carbocycles. The SMILES string of the molecule is CCNC(=O)N1CCN(C(=O)CCN2c3ccccc3Sc3ccccc32)CC1. The Balaban J connectivity index is 1.40. The minimum absolute atomic E-state index is 0.0429. The van der Waals surface area contributed by atoms with Gasteiger partial charge in [0.15, 0.2) is 0 Å². The third kappa shape index (κ3) is 4.19. The third-order valence-corrected chi connectivity index (χ3v) is 6.46. The van der Waals surface area contributed by atoms with E-state index in [1.54, 1.807) is 16.7 Å². The number of hydrogen-bond donors (Lipinski definition) is 1. The van der Waals surface area contributed by atoms with Gasteiger partial charge in [-0.25, -0.2) is 4.79 Å². The van der Waals surface area contributed by atoms with E-state index in [1.807, 2.05) is 24.0 Å². The van der Waals surface area contributed by atoms with Crippen molar-refractivity contribution in [2.45, 2.75) is 23.1 Å². The number of urea groups is 1. The first-order valence-electron chi connectivity index (χ1n) is 10.1. The summed E-state index contributed by atoms with van der Waals surface area (Å²) in [5.41, 5.74) is 2.31. The summed E-state index contributed by atoms with van der Waals surface area (Å²) in [7, 11) is 0. The van der Waals surface area contributed by atoms with Crippen LogP contribution in [0, 0.1) is 0 Å². The molecular weight excluding hydrogens is 384 g/mol. The zero-order chi connectivity index (χ0) is 20.2. The number of nitrogens with zero attached hydrogens (tertiary/aromatic N) is 3. The minimum Gasteiger partial charge on any atom is -0.339 e. The fourth-order valence-corrected chi connectivity index (χ4v) is 4.91. The highest BCUT2D eigenvalue weighted by Crippen LogP contribution is 2.47. The molecule has 152 valence electrons. The average Bonchev–Trinajstić information content (AvgIpc) is 2.76. The van der Waals surface area contributed by atoms with Gasteiger partial charge < -0.3 is 20.0 Å². The van der Waals surface area contributed by atoms with Crippen LogP contribution in [-0.4, -0.2) is 61.0 Å². The summed E-state index contributed by atoms with van der Waals surface area (Å²) >= 11 is 1.78. The average molecular weight is 411 g/mol. The molecule has 3 amide bonds. The van der Waals surface area contributed by atoms with Crippen molar-refractivity contribution >= 4 is 35.1 Å². The Morgan fingerprint density at radius 2 is 1.45 bits per heavy atom. The van der Waals surface area contributed by atoms with E-state index in [0.717, 1.165) is 11.4 Å². The van der Waals surface area contributed by atoms with Gasteiger partial charge in [0.2, 0.25) is 5.91 Å². The number of para-hydroxylation sites is 2. The van der Waals surface area contributed by atoms with Gasteiger partial charge >= 0.3 is 6.03 Å². The van der Waals surface area contributed by atoms with E-state index in [2.05, 4.69) is 46.6 Å². The van der Waals surface area contributed by atoms with E-state index < -0.39 is 0 Å². The van der Waals surface area contributed by atoms with Crippen LogP contribution in [0.25, 0.3) is 0 Å².